The van der Waals surface area contributed by atoms with Crippen molar-refractivity contribution in [3.05, 3.63) is 231 Å². The molecule has 0 aliphatic heterocycles. The van der Waals surface area contributed by atoms with E-state index < -0.39 is 0 Å². The minimum Gasteiger partial charge on any atom is -0.455 e. The third kappa shape index (κ3) is 5.82. The molecule has 0 aliphatic rings. The van der Waals surface area contributed by atoms with Gasteiger partial charge in [0, 0.05) is 38.5 Å². The summed E-state index contributed by atoms with van der Waals surface area (Å²) in [5, 5.41) is 6.92. The van der Waals surface area contributed by atoms with Crippen LogP contribution in [0.3, 0.4) is 0 Å². The molecule has 2 aromatic heterocycles. The van der Waals surface area contributed by atoms with Crippen LogP contribution in [0.2, 0.25) is 0 Å². The largest absolute Gasteiger partial charge is 0.455 e. The molecule has 0 saturated carbocycles. The standard InChI is InChI=1S/C58H38N2O/c1-3-16-40(17-4-1)47-23-9-12-27-52(47)60(55-38-44-18-7-8-24-48(44)58-57(55)50-26-11-14-29-56(50)61-58)46-33-30-39(31-34-46)41-19-15-20-42(36-41)43-32-35-54-51(37-43)49-25-10-13-28-53(49)59(54)45-21-5-2-6-22-45/h1-38H. The van der Waals surface area contributed by atoms with Crippen molar-refractivity contribution in [3.63, 3.8) is 0 Å². The fourth-order valence-corrected chi connectivity index (χ4v) is 9.34. The molecule has 0 saturated heterocycles. The van der Waals surface area contributed by atoms with Crippen molar-refractivity contribution in [1.29, 1.82) is 0 Å². The molecular formula is C58H38N2O. The fraction of sp³-hybridized carbons (Fsp3) is 0. The van der Waals surface area contributed by atoms with Crippen LogP contribution in [0, 0.1) is 0 Å². The maximum absolute atomic E-state index is 6.71. The van der Waals surface area contributed by atoms with Crippen LogP contribution < -0.4 is 4.90 Å². The Bertz CT molecular complexity index is 3580. The van der Waals surface area contributed by atoms with Crippen molar-refractivity contribution in [2.24, 2.45) is 0 Å². The van der Waals surface area contributed by atoms with Gasteiger partial charge in [-0.25, -0.2) is 0 Å². The van der Waals surface area contributed by atoms with Gasteiger partial charge in [0.25, 0.3) is 0 Å². The van der Waals surface area contributed by atoms with Crippen molar-refractivity contribution in [2.75, 3.05) is 4.90 Å². The second-order valence-corrected chi connectivity index (χ2v) is 15.7. The second kappa shape index (κ2) is 14.3. The Labute approximate surface area is 353 Å². The molecule has 0 atom stereocenters. The van der Waals surface area contributed by atoms with E-state index in [1.54, 1.807) is 0 Å². The van der Waals surface area contributed by atoms with E-state index in [2.05, 4.69) is 234 Å². The Kier molecular flexibility index (Phi) is 8.17. The van der Waals surface area contributed by atoms with Crippen LogP contribution in [0.25, 0.3) is 93.6 Å². The quantitative estimate of drug-likeness (QED) is 0.161. The summed E-state index contributed by atoms with van der Waals surface area (Å²) < 4.78 is 9.07. The van der Waals surface area contributed by atoms with Gasteiger partial charge in [-0.1, -0.05) is 164 Å². The number of benzene rings is 10. The van der Waals surface area contributed by atoms with Gasteiger partial charge in [-0.2, -0.15) is 0 Å². The number of fused-ring (bicyclic) bond motifs is 8. The van der Waals surface area contributed by atoms with Crippen molar-refractivity contribution < 1.29 is 4.42 Å². The fourth-order valence-electron chi connectivity index (χ4n) is 9.34. The number of anilines is 3. The highest BCUT2D eigenvalue weighted by Crippen LogP contribution is 2.48. The zero-order chi connectivity index (χ0) is 40.3. The first-order chi connectivity index (χ1) is 30.3. The van der Waals surface area contributed by atoms with Crippen molar-refractivity contribution >= 4 is 71.6 Å². The van der Waals surface area contributed by atoms with Crippen LogP contribution in [0.5, 0.6) is 0 Å². The van der Waals surface area contributed by atoms with Gasteiger partial charge in [-0.05, 0) is 99.9 Å². The van der Waals surface area contributed by atoms with Gasteiger partial charge in [-0.15, -0.1) is 0 Å². The Morgan fingerprint density at radius 3 is 1.80 bits per heavy atom. The summed E-state index contributed by atoms with van der Waals surface area (Å²) in [4.78, 5) is 2.42. The van der Waals surface area contributed by atoms with E-state index >= 15 is 0 Å². The molecule has 0 aliphatic carbocycles. The molecule has 10 aromatic carbocycles. The van der Waals surface area contributed by atoms with E-state index in [4.69, 9.17) is 4.42 Å². The van der Waals surface area contributed by atoms with E-state index in [0.29, 0.717) is 0 Å². The van der Waals surface area contributed by atoms with Gasteiger partial charge in [0.1, 0.15) is 11.2 Å². The van der Waals surface area contributed by atoms with Crippen LogP contribution in [-0.2, 0) is 0 Å². The van der Waals surface area contributed by atoms with Crippen molar-refractivity contribution in [1.82, 2.24) is 4.57 Å². The van der Waals surface area contributed by atoms with Crippen molar-refractivity contribution in [3.8, 4) is 39.1 Å². The predicted molar refractivity (Wildman–Crippen MR) is 257 cm³/mol. The van der Waals surface area contributed by atoms with Crippen LogP contribution in [0.4, 0.5) is 17.1 Å². The van der Waals surface area contributed by atoms with Crippen LogP contribution in [-0.4, -0.2) is 4.57 Å². The summed E-state index contributed by atoms with van der Waals surface area (Å²) in [5.74, 6) is 0. The topological polar surface area (TPSA) is 21.3 Å². The molecule has 0 unspecified atom stereocenters. The molecule has 0 radical (unpaired) electrons. The number of hydrogen-bond donors (Lipinski definition) is 0. The lowest BCUT2D eigenvalue weighted by atomic mass is 9.97. The molecule has 0 amide bonds. The molecule has 12 aromatic rings. The Morgan fingerprint density at radius 1 is 0.361 bits per heavy atom. The first kappa shape index (κ1) is 34.9. The molecule has 61 heavy (non-hydrogen) atoms. The third-order valence-electron chi connectivity index (χ3n) is 12.2. The minimum atomic E-state index is 0.878. The highest BCUT2D eigenvalue weighted by Gasteiger charge is 2.24. The summed E-state index contributed by atoms with van der Waals surface area (Å²) in [6.45, 7) is 0. The maximum Gasteiger partial charge on any atom is 0.145 e. The lowest BCUT2D eigenvalue weighted by Crippen LogP contribution is -2.11. The SMILES string of the molecule is c1ccc(-c2ccccc2N(c2ccc(-c3cccc(-c4ccc5c(c4)c4ccccc4n5-c4ccccc4)c3)cc2)c2cc3ccccc3c3oc4ccccc4c23)cc1. The minimum absolute atomic E-state index is 0.878. The third-order valence-corrected chi connectivity index (χ3v) is 12.2. The zero-order valence-electron chi connectivity index (χ0n) is 33.2. The summed E-state index contributed by atoms with van der Waals surface area (Å²) in [6.07, 6.45) is 0. The summed E-state index contributed by atoms with van der Waals surface area (Å²) in [7, 11) is 0. The van der Waals surface area contributed by atoms with Gasteiger partial charge < -0.3 is 13.9 Å². The van der Waals surface area contributed by atoms with Crippen LogP contribution in [0.15, 0.2) is 235 Å². The number of aromatic nitrogens is 1. The zero-order valence-corrected chi connectivity index (χ0v) is 33.2. The lowest BCUT2D eigenvalue weighted by Gasteiger charge is -2.29. The highest BCUT2D eigenvalue weighted by atomic mass is 16.3. The van der Waals surface area contributed by atoms with Gasteiger partial charge in [0.05, 0.1) is 27.8 Å². The molecule has 286 valence electrons. The predicted octanol–water partition coefficient (Wildman–Crippen LogP) is 16.3. The molecule has 0 spiro atoms. The number of hydrogen-bond acceptors (Lipinski definition) is 2. The number of rotatable bonds is 7. The Balaban J connectivity index is 0.996. The van der Waals surface area contributed by atoms with Crippen LogP contribution >= 0.6 is 0 Å². The van der Waals surface area contributed by atoms with E-state index in [0.717, 1.165) is 72.2 Å². The molecule has 0 fully saturated rings. The number of para-hydroxylation sites is 4. The normalized spacial score (nSPS) is 11.6. The van der Waals surface area contributed by atoms with Crippen molar-refractivity contribution in [2.45, 2.75) is 0 Å². The van der Waals surface area contributed by atoms with E-state index in [9.17, 15) is 0 Å². The lowest BCUT2D eigenvalue weighted by molar-refractivity contribution is 0.672. The summed E-state index contributed by atoms with van der Waals surface area (Å²) in [6, 6.07) is 82.8. The molecule has 12 rings (SSSR count). The highest BCUT2D eigenvalue weighted by molar-refractivity contribution is 6.22. The summed E-state index contributed by atoms with van der Waals surface area (Å²) >= 11 is 0. The van der Waals surface area contributed by atoms with E-state index in [-0.39, 0.29) is 0 Å². The van der Waals surface area contributed by atoms with E-state index in [1.807, 2.05) is 6.07 Å². The van der Waals surface area contributed by atoms with Gasteiger partial charge >= 0.3 is 0 Å². The molecule has 3 heteroatoms. The molecule has 0 bridgehead atoms. The maximum atomic E-state index is 6.71. The van der Waals surface area contributed by atoms with Crippen LogP contribution in [0.1, 0.15) is 0 Å². The smallest absolute Gasteiger partial charge is 0.145 e. The first-order valence-corrected chi connectivity index (χ1v) is 20.8. The van der Waals surface area contributed by atoms with Gasteiger partial charge in [0.2, 0.25) is 0 Å². The van der Waals surface area contributed by atoms with Gasteiger partial charge in [-0.3, -0.25) is 0 Å². The average Bonchev–Trinajstić information content (AvgIpc) is 3.89. The Morgan fingerprint density at radius 2 is 0.967 bits per heavy atom. The van der Waals surface area contributed by atoms with E-state index in [1.165, 1.54) is 38.5 Å². The number of nitrogens with zero attached hydrogens (tertiary/aromatic N) is 2. The average molecular weight is 779 g/mol. The molecule has 2 heterocycles. The second-order valence-electron chi connectivity index (χ2n) is 15.7. The Hall–Kier alpha value is -8.14. The molecular weight excluding hydrogens is 741 g/mol. The monoisotopic (exact) mass is 778 g/mol. The molecule has 3 nitrogen and oxygen atoms in total. The summed E-state index contributed by atoms with van der Waals surface area (Å²) in [5.41, 5.74) is 15.6. The molecule has 0 N–H and O–H groups in total. The van der Waals surface area contributed by atoms with Gasteiger partial charge in [0.15, 0.2) is 0 Å². The first-order valence-electron chi connectivity index (χ1n) is 20.8. The number of furan rings is 1.